The molecule has 1 aromatic rings. The highest BCUT2D eigenvalue weighted by Gasteiger charge is 2.52. The average molecular weight is 449 g/mol. The second-order valence-electron chi connectivity index (χ2n) is 9.13. The second-order valence-corrected chi connectivity index (χ2v) is 9.13. The van der Waals surface area contributed by atoms with Crippen molar-refractivity contribution in [3.8, 4) is 11.5 Å². The molecule has 5 aliphatic rings. The molecular weight excluding hydrogens is 422 g/mol. The fourth-order valence-corrected chi connectivity index (χ4v) is 5.83. The third-order valence-electron chi connectivity index (χ3n) is 7.38. The Morgan fingerprint density at radius 2 is 1.81 bits per heavy atom. The van der Waals surface area contributed by atoms with Gasteiger partial charge in [0.15, 0.2) is 17.8 Å². The number of rotatable bonds is 3. The van der Waals surface area contributed by atoms with E-state index in [0.717, 1.165) is 36.2 Å². The number of aliphatic hydroxyl groups excluding tert-OH is 5. The summed E-state index contributed by atoms with van der Waals surface area (Å²) >= 11 is 0. The van der Waals surface area contributed by atoms with Crippen molar-refractivity contribution in [1.82, 2.24) is 4.90 Å². The van der Waals surface area contributed by atoms with Crippen molar-refractivity contribution in [3.05, 3.63) is 34.9 Å². The minimum atomic E-state index is -1.55. The van der Waals surface area contributed by atoms with Crippen LogP contribution >= 0.6 is 0 Å². The zero-order valence-electron chi connectivity index (χ0n) is 17.3. The number of hydrogen-bond acceptors (Lipinski definition) is 10. The van der Waals surface area contributed by atoms with Crippen LogP contribution < -0.4 is 9.47 Å². The first kappa shape index (κ1) is 20.8. The maximum atomic E-state index is 11.0. The summed E-state index contributed by atoms with van der Waals surface area (Å²) in [5.41, 5.74) is 3.20. The molecule has 1 aromatic carbocycles. The molecule has 174 valence electrons. The third-order valence-corrected chi connectivity index (χ3v) is 7.38. The lowest BCUT2D eigenvalue weighted by Crippen LogP contribution is -2.61. The van der Waals surface area contributed by atoms with Crippen molar-refractivity contribution in [2.24, 2.45) is 0 Å². The summed E-state index contributed by atoms with van der Waals surface area (Å²) in [6, 6.07) is 3.94. The van der Waals surface area contributed by atoms with Crippen LogP contribution in [-0.2, 0) is 16.0 Å². The molecule has 9 unspecified atom stereocenters. The molecule has 0 saturated carbocycles. The minimum Gasteiger partial charge on any atom is -0.454 e. The predicted molar refractivity (Wildman–Crippen MR) is 107 cm³/mol. The normalized spacial score (nSPS) is 42.4. The van der Waals surface area contributed by atoms with E-state index in [1.54, 1.807) is 0 Å². The third kappa shape index (κ3) is 3.02. The topological polar surface area (TPSA) is 141 Å². The Balaban J connectivity index is 1.37. The summed E-state index contributed by atoms with van der Waals surface area (Å²) in [6.45, 7) is 1.22. The van der Waals surface area contributed by atoms with Gasteiger partial charge < -0.3 is 44.5 Å². The molecular formula is C22H27NO9. The van der Waals surface area contributed by atoms with Crippen LogP contribution in [0, 0.1) is 0 Å². The van der Waals surface area contributed by atoms with Gasteiger partial charge in [-0.2, -0.15) is 0 Å². The van der Waals surface area contributed by atoms with Gasteiger partial charge in [-0.05, 0) is 29.7 Å². The molecule has 0 aromatic heterocycles. The van der Waals surface area contributed by atoms with Gasteiger partial charge in [-0.15, -0.1) is 0 Å². The van der Waals surface area contributed by atoms with Crippen molar-refractivity contribution in [2.45, 2.75) is 67.8 Å². The highest BCUT2D eigenvalue weighted by atomic mass is 16.7. The Kier molecular flexibility index (Phi) is 4.97. The van der Waals surface area contributed by atoms with Gasteiger partial charge in [0.2, 0.25) is 6.79 Å². The van der Waals surface area contributed by atoms with Crippen LogP contribution in [-0.4, -0.2) is 99.3 Å². The largest absolute Gasteiger partial charge is 0.454 e. The van der Waals surface area contributed by atoms with Crippen molar-refractivity contribution >= 4 is 0 Å². The average Bonchev–Trinajstić information content (AvgIpc) is 3.41. The molecule has 10 heteroatoms. The molecule has 4 aliphatic heterocycles. The molecule has 9 atom stereocenters. The number of hydrogen-bond donors (Lipinski definition) is 5. The lowest BCUT2D eigenvalue weighted by atomic mass is 9.73. The molecule has 6 rings (SSSR count). The number of aliphatic hydroxyl groups is 5. The van der Waals surface area contributed by atoms with Gasteiger partial charge in [-0.3, -0.25) is 4.90 Å². The Morgan fingerprint density at radius 1 is 1.03 bits per heavy atom. The zero-order valence-corrected chi connectivity index (χ0v) is 17.3. The molecule has 2 fully saturated rings. The molecule has 32 heavy (non-hydrogen) atoms. The SMILES string of the molecule is OCC1OC(OC2C(O)C=C3CCN4Cc5cc6c(cc5C2C34)OCO6)C(O)C(O)C1O. The van der Waals surface area contributed by atoms with E-state index in [9.17, 15) is 25.5 Å². The van der Waals surface area contributed by atoms with Gasteiger partial charge in [-0.25, -0.2) is 0 Å². The van der Waals surface area contributed by atoms with Crippen LogP contribution in [0.3, 0.4) is 0 Å². The number of benzene rings is 1. The first-order valence-corrected chi connectivity index (χ1v) is 11.0. The van der Waals surface area contributed by atoms with Gasteiger partial charge in [0.25, 0.3) is 0 Å². The van der Waals surface area contributed by atoms with E-state index in [1.807, 2.05) is 18.2 Å². The Hall–Kier alpha value is -1.76. The Bertz CT molecular complexity index is 936. The Morgan fingerprint density at radius 3 is 2.59 bits per heavy atom. The van der Waals surface area contributed by atoms with Crippen LogP contribution in [0.1, 0.15) is 23.5 Å². The predicted octanol–water partition coefficient (Wildman–Crippen LogP) is -1.43. The van der Waals surface area contributed by atoms with E-state index in [0.29, 0.717) is 11.5 Å². The van der Waals surface area contributed by atoms with Gasteiger partial charge in [0, 0.05) is 25.0 Å². The minimum absolute atomic E-state index is 0.0288. The zero-order chi connectivity index (χ0) is 22.1. The molecule has 0 amide bonds. The van der Waals surface area contributed by atoms with Crippen molar-refractivity contribution in [1.29, 1.82) is 0 Å². The van der Waals surface area contributed by atoms with E-state index in [4.69, 9.17) is 18.9 Å². The van der Waals surface area contributed by atoms with Gasteiger partial charge >= 0.3 is 0 Å². The fraction of sp³-hybridized carbons (Fsp3) is 0.636. The van der Waals surface area contributed by atoms with Crippen molar-refractivity contribution < 1.29 is 44.5 Å². The van der Waals surface area contributed by atoms with E-state index in [-0.39, 0.29) is 18.8 Å². The van der Waals surface area contributed by atoms with Crippen molar-refractivity contribution in [2.75, 3.05) is 19.9 Å². The summed E-state index contributed by atoms with van der Waals surface area (Å²) in [4.78, 5) is 2.34. The first-order valence-electron chi connectivity index (χ1n) is 11.0. The molecule has 10 nitrogen and oxygen atoms in total. The summed E-state index contributed by atoms with van der Waals surface area (Å²) in [7, 11) is 0. The second kappa shape index (κ2) is 7.64. The molecule has 1 aliphatic carbocycles. The first-order chi connectivity index (χ1) is 15.5. The van der Waals surface area contributed by atoms with Gasteiger partial charge in [0.1, 0.15) is 24.4 Å². The smallest absolute Gasteiger partial charge is 0.231 e. The van der Waals surface area contributed by atoms with Gasteiger partial charge in [0.05, 0.1) is 18.8 Å². The lowest BCUT2D eigenvalue weighted by Gasteiger charge is -2.48. The quantitative estimate of drug-likeness (QED) is 0.349. The van der Waals surface area contributed by atoms with Crippen LogP contribution in [0.25, 0.3) is 0 Å². The molecule has 2 saturated heterocycles. The van der Waals surface area contributed by atoms with Gasteiger partial charge in [-0.1, -0.05) is 11.6 Å². The monoisotopic (exact) mass is 449 g/mol. The highest BCUT2D eigenvalue weighted by molar-refractivity contribution is 5.53. The maximum absolute atomic E-state index is 11.0. The fourth-order valence-electron chi connectivity index (χ4n) is 5.83. The number of nitrogens with zero attached hydrogens (tertiary/aromatic N) is 1. The van der Waals surface area contributed by atoms with Crippen LogP contribution in [0.15, 0.2) is 23.8 Å². The lowest BCUT2D eigenvalue weighted by molar-refractivity contribution is -0.318. The standard InChI is InChI=1S/C22H27NO9/c24-7-15-18(26)19(27)20(28)22(31-15)32-21-12(25)3-9-1-2-23-6-10-4-13-14(30-8-29-13)5-11(10)16(21)17(9)23/h3-5,12,15-22,24-28H,1-2,6-8H2. The molecule has 5 N–H and O–H groups in total. The van der Waals surface area contributed by atoms with Crippen LogP contribution in [0.2, 0.25) is 0 Å². The number of ether oxygens (including phenoxy) is 4. The summed E-state index contributed by atoms with van der Waals surface area (Å²) in [5, 5.41) is 51.3. The van der Waals surface area contributed by atoms with Crippen molar-refractivity contribution in [3.63, 3.8) is 0 Å². The van der Waals surface area contributed by atoms with E-state index < -0.39 is 49.5 Å². The summed E-state index contributed by atoms with van der Waals surface area (Å²) in [5.74, 6) is 1.07. The molecule has 4 heterocycles. The Labute approximate surface area is 184 Å². The van der Waals surface area contributed by atoms with Crippen LogP contribution in [0.4, 0.5) is 0 Å². The summed E-state index contributed by atoms with van der Waals surface area (Å²) in [6.07, 6.45) is -6.05. The molecule has 0 radical (unpaired) electrons. The summed E-state index contributed by atoms with van der Waals surface area (Å²) < 4.78 is 22.8. The number of fused-ring (bicyclic) bond motifs is 3. The van der Waals surface area contributed by atoms with E-state index in [2.05, 4.69) is 4.90 Å². The molecule has 0 spiro atoms. The maximum Gasteiger partial charge on any atom is 0.231 e. The van der Waals surface area contributed by atoms with Crippen LogP contribution in [0.5, 0.6) is 11.5 Å². The molecule has 0 bridgehead atoms. The van der Waals surface area contributed by atoms with E-state index in [1.165, 1.54) is 0 Å². The highest BCUT2D eigenvalue weighted by Crippen LogP contribution is 2.50. The van der Waals surface area contributed by atoms with E-state index >= 15 is 0 Å².